The van der Waals surface area contributed by atoms with Crippen LogP contribution in [0.25, 0.3) is 0 Å². The summed E-state index contributed by atoms with van der Waals surface area (Å²) in [6.07, 6.45) is -0.0810. The summed E-state index contributed by atoms with van der Waals surface area (Å²) in [5, 5.41) is 33.8. The van der Waals surface area contributed by atoms with E-state index in [-0.39, 0.29) is 115 Å². The van der Waals surface area contributed by atoms with Gasteiger partial charge in [0.25, 0.3) is 40.5 Å². The number of hydrogen-bond acceptors (Lipinski definition) is 26. The van der Waals surface area contributed by atoms with Crippen molar-refractivity contribution in [3.8, 4) is 5.75 Å². The van der Waals surface area contributed by atoms with Gasteiger partial charge in [-0.2, -0.15) is 58.9 Å². The standard InChI is InChI=1S/C40H44Cl4N10O17S5/c1-67-74(61,62)13-4-11-71-36-20-34(54-52-27-6-8-29(42)37(17-27)76(65,66)69-3)31(44)19-35(36)47-40-49-38(45-9-14-75(63,64)68-2)48-39(50-40)46-32-18-30(43)33(16-25(32)21-72(56,57)23-70-12-10-55)53-51-26-5-7-28(41)24(15-26)22-73(58,59)60/h5-8,15-20,55H,4,9-14,21-23H2,1-3H3,(H,58,59,60)(H3,45,46,47,48,49,50). The highest BCUT2D eigenvalue weighted by atomic mass is 35.5. The second-order valence-electron chi connectivity index (χ2n) is 15.1. The summed E-state index contributed by atoms with van der Waals surface area (Å²) >= 11 is 25.6. The number of aliphatic hydroxyl groups excluding tert-OH is 1. The Balaban J connectivity index is 1.60. The van der Waals surface area contributed by atoms with E-state index in [1.54, 1.807) is 0 Å². The fourth-order valence-electron chi connectivity index (χ4n) is 5.95. The maximum Gasteiger partial charge on any atom is 0.298 e. The lowest BCUT2D eigenvalue weighted by Gasteiger charge is -2.17. The smallest absolute Gasteiger partial charge is 0.298 e. The molecule has 0 saturated heterocycles. The van der Waals surface area contributed by atoms with E-state index in [2.05, 4.69) is 63.9 Å². The van der Waals surface area contributed by atoms with Crippen LogP contribution in [0.4, 0.5) is 52.0 Å². The molecule has 5 aromatic rings. The van der Waals surface area contributed by atoms with Gasteiger partial charge in [0.15, 0.2) is 9.84 Å². The quantitative estimate of drug-likeness (QED) is 0.0133. The summed E-state index contributed by atoms with van der Waals surface area (Å²) in [6, 6.07) is 12.7. The summed E-state index contributed by atoms with van der Waals surface area (Å²) in [7, 11) is -17.9. The number of rotatable bonds is 29. The van der Waals surface area contributed by atoms with Crippen molar-refractivity contribution >= 4 is 149 Å². The third-order valence-corrected chi connectivity index (χ3v) is 16.7. The van der Waals surface area contributed by atoms with Crippen LogP contribution in [0.1, 0.15) is 17.5 Å². The average molecular weight is 1240 g/mol. The zero-order valence-corrected chi connectivity index (χ0v) is 46.7. The Morgan fingerprint density at radius 3 is 1.76 bits per heavy atom. The third kappa shape index (κ3) is 19.2. The molecule has 0 spiro atoms. The zero-order valence-electron chi connectivity index (χ0n) is 39.5. The number of aromatic nitrogens is 3. The monoisotopic (exact) mass is 1240 g/mol. The van der Waals surface area contributed by atoms with Crippen molar-refractivity contribution in [1.82, 2.24) is 15.0 Å². The van der Waals surface area contributed by atoms with Crippen molar-refractivity contribution in [3.63, 3.8) is 0 Å². The minimum absolute atomic E-state index is 0.00241. The molecule has 27 nitrogen and oxygen atoms in total. The lowest BCUT2D eigenvalue weighted by atomic mass is 10.2. The number of sulfone groups is 1. The first-order chi connectivity index (χ1) is 35.6. The van der Waals surface area contributed by atoms with Gasteiger partial charge in [0.05, 0.1) is 90.5 Å². The summed E-state index contributed by atoms with van der Waals surface area (Å²) in [4.78, 5) is 12.7. The van der Waals surface area contributed by atoms with E-state index in [1.807, 2.05) is 0 Å². The molecule has 0 amide bonds. The molecule has 36 heteroatoms. The Morgan fingerprint density at radius 2 is 1.16 bits per heavy atom. The van der Waals surface area contributed by atoms with Gasteiger partial charge in [0.2, 0.25) is 17.8 Å². The number of hydrogen-bond donors (Lipinski definition) is 5. The molecule has 1 aromatic heterocycles. The fourth-order valence-corrected chi connectivity index (χ4v) is 10.7. The number of ether oxygens (including phenoxy) is 2. The predicted octanol–water partition coefficient (Wildman–Crippen LogP) is 7.54. The van der Waals surface area contributed by atoms with Crippen LogP contribution in [0.15, 0.2) is 86.0 Å². The summed E-state index contributed by atoms with van der Waals surface area (Å²) < 4.78 is 157. The Kier molecular flexibility index (Phi) is 22.0. The zero-order chi connectivity index (χ0) is 56.1. The Hall–Kier alpha value is -5.04. The second kappa shape index (κ2) is 27.0. The second-order valence-corrected chi connectivity index (χ2v) is 25.6. The first-order valence-electron chi connectivity index (χ1n) is 21.1. The molecular formula is C40H44Cl4N10O17S5. The topological polar surface area (TPSA) is 382 Å². The molecule has 1 heterocycles. The van der Waals surface area contributed by atoms with E-state index in [9.17, 15) is 51.7 Å². The van der Waals surface area contributed by atoms with Crippen molar-refractivity contribution in [3.05, 3.63) is 91.9 Å². The first-order valence-corrected chi connectivity index (χ1v) is 30.6. The van der Waals surface area contributed by atoms with Crippen LogP contribution in [0, 0.1) is 0 Å². The summed E-state index contributed by atoms with van der Waals surface area (Å²) in [6.45, 7) is -1.33. The summed E-state index contributed by atoms with van der Waals surface area (Å²) in [5.41, 5.74) is -0.110. The Labute approximate surface area is 456 Å². The molecule has 0 aliphatic rings. The van der Waals surface area contributed by atoms with Crippen molar-refractivity contribution in [2.45, 2.75) is 22.8 Å². The van der Waals surface area contributed by atoms with Gasteiger partial charge < -0.3 is 30.5 Å². The van der Waals surface area contributed by atoms with Crippen LogP contribution in [0.3, 0.4) is 0 Å². The molecule has 76 heavy (non-hydrogen) atoms. The molecular weight excluding hydrogens is 1190 g/mol. The van der Waals surface area contributed by atoms with Gasteiger partial charge in [0, 0.05) is 23.3 Å². The molecule has 414 valence electrons. The molecule has 4 aromatic carbocycles. The van der Waals surface area contributed by atoms with Crippen molar-refractivity contribution in [2.75, 3.05) is 81.1 Å². The highest BCUT2D eigenvalue weighted by Crippen LogP contribution is 2.40. The van der Waals surface area contributed by atoms with Gasteiger partial charge in [-0.25, -0.2) is 8.42 Å². The van der Waals surface area contributed by atoms with Crippen molar-refractivity contribution in [2.24, 2.45) is 20.5 Å². The lowest BCUT2D eigenvalue weighted by molar-refractivity contribution is 0.122. The lowest BCUT2D eigenvalue weighted by Crippen LogP contribution is -2.18. The Bertz CT molecular complexity index is 3570. The van der Waals surface area contributed by atoms with Gasteiger partial charge >= 0.3 is 0 Å². The predicted molar refractivity (Wildman–Crippen MR) is 281 cm³/mol. The highest BCUT2D eigenvalue weighted by Gasteiger charge is 2.22. The molecule has 0 aliphatic heterocycles. The molecule has 0 fully saturated rings. The van der Waals surface area contributed by atoms with Gasteiger partial charge in [0.1, 0.15) is 33.7 Å². The van der Waals surface area contributed by atoms with Gasteiger partial charge in [-0.1, -0.05) is 46.4 Å². The highest BCUT2D eigenvalue weighted by molar-refractivity contribution is 7.90. The molecule has 0 aliphatic carbocycles. The van der Waals surface area contributed by atoms with E-state index < -0.39 is 90.8 Å². The van der Waals surface area contributed by atoms with Crippen LogP contribution < -0.4 is 20.7 Å². The van der Waals surface area contributed by atoms with Gasteiger partial charge in [-0.15, -0.1) is 10.2 Å². The SMILES string of the molecule is COS(=O)(=O)CCCOc1cc(N=Nc2ccc(Cl)c(S(=O)(=O)OC)c2)c(Cl)cc1Nc1nc(NCCS(=O)(=O)OC)nc(Nc2cc(Cl)c(N=Nc3ccc(Cl)c(CS(=O)(=O)O)c3)cc2CS(=O)(=O)COCCO)n1. The Morgan fingerprint density at radius 1 is 0.592 bits per heavy atom. The van der Waals surface area contributed by atoms with Crippen LogP contribution >= 0.6 is 46.4 Å². The number of anilines is 5. The number of azo groups is 2. The largest absolute Gasteiger partial charge is 0.491 e. The maximum atomic E-state index is 13.4. The fraction of sp³-hybridized carbons (Fsp3) is 0.325. The molecule has 0 unspecified atom stereocenters. The molecule has 0 bridgehead atoms. The van der Waals surface area contributed by atoms with Crippen LogP contribution in [0.2, 0.25) is 20.1 Å². The molecule has 5 rings (SSSR count). The van der Waals surface area contributed by atoms with E-state index >= 15 is 0 Å². The van der Waals surface area contributed by atoms with Crippen LogP contribution in [-0.4, -0.2) is 132 Å². The van der Waals surface area contributed by atoms with Crippen molar-refractivity contribution < 1.29 is 73.8 Å². The maximum absolute atomic E-state index is 13.4. The van der Waals surface area contributed by atoms with Gasteiger partial charge in [-0.05, 0) is 72.1 Å². The number of halogens is 4. The molecule has 0 atom stereocenters. The first kappa shape index (κ1) is 61.8. The molecule has 0 saturated carbocycles. The normalized spacial score (nSPS) is 12.6. The van der Waals surface area contributed by atoms with E-state index in [1.165, 1.54) is 54.6 Å². The molecule has 0 radical (unpaired) electrons. The third-order valence-electron chi connectivity index (χ3n) is 9.48. The van der Waals surface area contributed by atoms with Crippen LogP contribution in [0.5, 0.6) is 5.75 Å². The summed E-state index contributed by atoms with van der Waals surface area (Å²) in [5.74, 6) is -4.38. The number of nitrogens with one attached hydrogen (secondary N) is 3. The minimum atomic E-state index is -4.49. The average Bonchev–Trinajstić information content (AvgIpc) is 3.34. The van der Waals surface area contributed by atoms with Crippen LogP contribution in [-0.2, 0) is 79.1 Å². The van der Waals surface area contributed by atoms with Crippen molar-refractivity contribution in [1.29, 1.82) is 0 Å². The number of aliphatic hydroxyl groups is 1. The van der Waals surface area contributed by atoms with Gasteiger partial charge in [-0.3, -0.25) is 17.1 Å². The van der Waals surface area contributed by atoms with E-state index in [4.69, 9.17) is 55.9 Å². The van der Waals surface area contributed by atoms with E-state index in [0.717, 1.165) is 27.4 Å². The number of nitrogens with zero attached hydrogens (tertiary/aromatic N) is 7. The minimum Gasteiger partial charge on any atom is -0.491 e. The molecule has 5 N–H and O–H groups in total. The van der Waals surface area contributed by atoms with E-state index in [0.29, 0.717) is 0 Å². The number of benzene rings is 4.